The van der Waals surface area contributed by atoms with Crippen LogP contribution in [0, 0.1) is 0 Å². The number of amides is 1. The molecule has 110 valence electrons. The number of methoxy groups -OCH3 is 1. The number of nitrogens with zero attached hydrogens (tertiary/aromatic N) is 2. The van der Waals surface area contributed by atoms with Crippen molar-refractivity contribution in [2.24, 2.45) is 0 Å². The lowest BCUT2D eigenvalue weighted by Gasteiger charge is -2.04. The van der Waals surface area contributed by atoms with E-state index in [4.69, 9.17) is 9.47 Å². The van der Waals surface area contributed by atoms with Crippen LogP contribution in [-0.4, -0.2) is 34.8 Å². The van der Waals surface area contributed by atoms with E-state index in [1.807, 2.05) is 0 Å². The third-order valence-corrected chi connectivity index (χ3v) is 3.31. The zero-order valence-corrected chi connectivity index (χ0v) is 11.6. The van der Waals surface area contributed by atoms with Gasteiger partial charge in [-0.05, 0) is 37.1 Å². The van der Waals surface area contributed by atoms with Crippen molar-refractivity contribution < 1.29 is 14.3 Å². The minimum Gasteiger partial charge on any atom is -0.497 e. The SMILES string of the molecule is COc1ccc(C(=O)Nc2n[nH]c([C@@H]3CCCO3)n2)cc1. The minimum absolute atomic E-state index is 0.0517. The van der Waals surface area contributed by atoms with Gasteiger partial charge in [-0.2, -0.15) is 4.98 Å². The molecule has 1 aromatic heterocycles. The fourth-order valence-corrected chi connectivity index (χ4v) is 2.18. The summed E-state index contributed by atoms with van der Waals surface area (Å²) in [6.07, 6.45) is 1.88. The monoisotopic (exact) mass is 288 g/mol. The molecule has 0 saturated carbocycles. The van der Waals surface area contributed by atoms with Crippen LogP contribution in [0.2, 0.25) is 0 Å². The molecule has 0 aliphatic carbocycles. The third-order valence-electron chi connectivity index (χ3n) is 3.31. The van der Waals surface area contributed by atoms with Crippen molar-refractivity contribution in [2.45, 2.75) is 18.9 Å². The zero-order chi connectivity index (χ0) is 14.7. The van der Waals surface area contributed by atoms with E-state index in [9.17, 15) is 4.79 Å². The maximum absolute atomic E-state index is 12.1. The smallest absolute Gasteiger partial charge is 0.258 e. The first-order valence-electron chi connectivity index (χ1n) is 6.75. The fraction of sp³-hybridized carbons (Fsp3) is 0.357. The highest BCUT2D eigenvalue weighted by Gasteiger charge is 2.21. The highest BCUT2D eigenvalue weighted by Crippen LogP contribution is 2.26. The molecule has 0 spiro atoms. The number of hydrogen-bond acceptors (Lipinski definition) is 5. The summed E-state index contributed by atoms with van der Waals surface area (Å²) < 4.78 is 10.6. The van der Waals surface area contributed by atoms with Crippen LogP contribution in [0.5, 0.6) is 5.75 Å². The summed E-state index contributed by atoms with van der Waals surface area (Å²) in [5.74, 6) is 1.33. The molecule has 1 atom stereocenters. The minimum atomic E-state index is -0.268. The number of carbonyl (C=O) groups is 1. The third kappa shape index (κ3) is 3.03. The Morgan fingerprint density at radius 3 is 2.90 bits per heavy atom. The predicted molar refractivity (Wildman–Crippen MR) is 75.3 cm³/mol. The van der Waals surface area contributed by atoms with Crippen LogP contribution < -0.4 is 10.1 Å². The molecule has 1 saturated heterocycles. The van der Waals surface area contributed by atoms with Gasteiger partial charge in [0.2, 0.25) is 5.95 Å². The van der Waals surface area contributed by atoms with Gasteiger partial charge >= 0.3 is 0 Å². The highest BCUT2D eigenvalue weighted by atomic mass is 16.5. The number of aromatic nitrogens is 3. The van der Waals surface area contributed by atoms with Crippen LogP contribution in [0.4, 0.5) is 5.95 Å². The molecule has 7 nitrogen and oxygen atoms in total. The molecule has 1 aromatic carbocycles. The summed E-state index contributed by atoms with van der Waals surface area (Å²) in [5, 5.41) is 9.44. The van der Waals surface area contributed by atoms with Crippen molar-refractivity contribution in [3.8, 4) is 5.75 Å². The van der Waals surface area contributed by atoms with Gasteiger partial charge in [0.15, 0.2) is 5.82 Å². The maximum atomic E-state index is 12.1. The fourth-order valence-electron chi connectivity index (χ4n) is 2.18. The molecule has 21 heavy (non-hydrogen) atoms. The molecule has 0 radical (unpaired) electrons. The molecular formula is C14H16N4O3. The van der Waals surface area contributed by atoms with Gasteiger partial charge in [-0.25, -0.2) is 0 Å². The largest absolute Gasteiger partial charge is 0.497 e. The standard InChI is InChI=1S/C14H16N4O3/c1-20-10-6-4-9(5-7-10)13(19)16-14-15-12(17-18-14)11-3-2-8-21-11/h4-7,11H,2-3,8H2,1H3,(H2,15,16,17,18,19)/t11-/m0/s1. The Labute approximate surface area is 121 Å². The second-order valence-corrected chi connectivity index (χ2v) is 4.73. The lowest BCUT2D eigenvalue weighted by molar-refractivity contribution is 0.102. The summed E-state index contributed by atoms with van der Waals surface area (Å²) in [7, 11) is 1.58. The lowest BCUT2D eigenvalue weighted by atomic mass is 10.2. The highest BCUT2D eigenvalue weighted by molar-refractivity contribution is 6.03. The molecule has 0 bridgehead atoms. The van der Waals surface area contributed by atoms with Crippen LogP contribution >= 0.6 is 0 Å². The van der Waals surface area contributed by atoms with E-state index in [1.54, 1.807) is 31.4 Å². The Morgan fingerprint density at radius 2 is 2.24 bits per heavy atom. The topological polar surface area (TPSA) is 89.1 Å². The summed E-state index contributed by atoms with van der Waals surface area (Å²) in [4.78, 5) is 16.3. The number of benzene rings is 1. The van der Waals surface area contributed by atoms with E-state index >= 15 is 0 Å². The quantitative estimate of drug-likeness (QED) is 0.897. The van der Waals surface area contributed by atoms with Crippen LogP contribution in [0.15, 0.2) is 24.3 Å². The Balaban J connectivity index is 1.66. The molecular weight excluding hydrogens is 272 g/mol. The Morgan fingerprint density at radius 1 is 1.43 bits per heavy atom. The van der Waals surface area contributed by atoms with E-state index in [0.717, 1.165) is 19.4 Å². The van der Waals surface area contributed by atoms with Gasteiger partial charge in [-0.15, -0.1) is 5.10 Å². The molecule has 1 amide bonds. The first-order valence-corrected chi connectivity index (χ1v) is 6.75. The lowest BCUT2D eigenvalue weighted by Crippen LogP contribution is -2.13. The van der Waals surface area contributed by atoms with Gasteiger partial charge < -0.3 is 9.47 Å². The van der Waals surface area contributed by atoms with Crippen molar-refractivity contribution in [1.29, 1.82) is 0 Å². The molecule has 1 aliphatic heterocycles. The van der Waals surface area contributed by atoms with E-state index in [0.29, 0.717) is 17.1 Å². The van der Waals surface area contributed by atoms with Crippen LogP contribution in [0.3, 0.4) is 0 Å². The zero-order valence-electron chi connectivity index (χ0n) is 11.6. The molecule has 2 aromatic rings. The number of carbonyl (C=O) groups excluding carboxylic acids is 1. The molecule has 3 rings (SSSR count). The van der Waals surface area contributed by atoms with E-state index in [2.05, 4.69) is 20.5 Å². The van der Waals surface area contributed by atoms with Crippen molar-refractivity contribution >= 4 is 11.9 Å². The van der Waals surface area contributed by atoms with Crippen LogP contribution in [0.1, 0.15) is 35.1 Å². The van der Waals surface area contributed by atoms with Crippen molar-refractivity contribution in [2.75, 3.05) is 19.0 Å². The Hall–Kier alpha value is -2.41. The van der Waals surface area contributed by atoms with Gasteiger partial charge in [0.1, 0.15) is 11.9 Å². The second kappa shape index (κ2) is 5.92. The number of ether oxygens (including phenoxy) is 2. The van der Waals surface area contributed by atoms with Crippen molar-refractivity contribution in [1.82, 2.24) is 15.2 Å². The molecule has 1 aliphatic rings. The van der Waals surface area contributed by atoms with Crippen molar-refractivity contribution in [3.05, 3.63) is 35.7 Å². The number of aromatic amines is 1. The van der Waals surface area contributed by atoms with Gasteiger partial charge in [-0.3, -0.25) is 15.2 Å². The Kier molecular flexibility index (Phi) is 3.83. The number of rotatable bonds is 4. The average Bonchev–Trinajstić information content (AvgIpc) is 3.18. The van der Waals surface area contributed by atoms with E-state index in [-0.39, 0.29) is 18.0 Å². The van der Waals surface area contributed by atoms with Gasteiger partial charge in [-0.1, -0.05) is 0 Å². The second-order valence-electron chi connectivity index (χ2n) is 4.73. The summed E-state index contributed by atoms with van der Waals surface area (Å²) in [6, 6.07) is 6.82. The van der Waals surface area contributed by atoms with Crippen LogP contribution in [0.25, 0.3) is 0 Å². The molecule has 2 heterocycles. The van der Waals surface area contributed by atoms with Crippen molar-refractivity contribution in [3.63, 3.8) is 0 Å². The molecule has 1 fully saturated rings. The number of hydrogen-bond donors (Lipinski definition) is 2. The summed E-state index contributed by atoms with van der Waals surface area (Å²) in [5.41, 5.74) is 0.513. The summed E-state index contributed by atoms with van der Waals surface area (Å²) in [6.45, 7) is 0.735. The molecule has 0 unspecified atom stereocenters. The molecule has 7 heteroatoms. The molecule has 2 N–H and O–H groups in total. The Bertz CT molecular complexity index is 617. The van der Waals surface area contributed by atoms with E-state index in [1.165, 1.54) is 0 Å². The predicted octanol–water partition coefficient (Wildman–Crippen LogP) is 1.92. The maximum Gasteiger partial charge on any atom is 0.258 e. The van der Waals surface area contributed by atoms with E-state index < -0.39 is 0 Å². The van der Waals surface area contributed by atoms with Crippen LogP contribution in [-0.2, 0) is 4.74 Å². The number of anilines is 1. The van der Waals surface area contributed by atoms with Gasteiger partial charge in [0, 0.05) is 12.2 Å². The first-order chi connectivity index (χ1) is 10.3. The normalized spacial score (nSPS) is 17.7. The van der Waals surface area contributed by atoms with Gasteiger partial charge in [0.05, 0.1) is 7.11 Å². The summed E-state index contributed by atoms with van der Waals surface area (Å²) >= 11 is 0. The average molecular weight is 288 g/mol. The van der Waals surface area contributed by atoms with Gasteiger partial charge in [0.25, 0.3) is 5.91 Å². The first kappa shape index (κ1) is 13.6. The number of nitrogens with one attached hydrogen (secondary N) is 2. The number of H-pyrrole nitrogens is 1.